The molecule has 0 spiro atoms. The third-order valence-electron chi connectivity index (χ3n) is 1.32. The zero-order chi connectivity index (χ0) is 11.3. The van der Waals surface area contributed by atoms with E-state index in [-0.39, 0.29) is 0 Å². The van der Waals surface area contributed by atoms with Gasteiger partial charge in [-0.15, -0.1) is 11.3 Å². The molecule has 1 heterocycles. The van der Waals surface area contributed by atoms with E-state index in [1.54, 1.807) is 22.8 Å². The van der Waals surface area contributed by atoms with E-state index in [4.69, 9.17) is 0 Å². The topological polar surface area (TPSA) is 98.5 Å². The van der Waals surface area contributed by atoms with Crippen molar-refractivity contribution < 1.29 is 19.1 Å². The molecule has 1 aromatic heterocycles. The van der Waals surface area contributed by atoms with Crippen LogP contribution in [0.5, 0.6) is 0 Å². The fraction of sp³-hybridized carbons (Fsp3) is 0.125. The van der Waals surface area contributed by atoms with Gasteiger partial charge in [-0.3, -0.25) is 10.1 Å². The highest BCUT2D eigenvalue weighted by molar-refractivity contribution is 7.11. The number of esters is 1. The number of carbonyl (C=O) groups excluding carboxylic acids is 3. The van der Waals surface area contributed by atoms with Crippen molar-refractivity contribution in [3.05, 3.63) is 22.4 Å². The Morgan fingerprint density at radius 1 is 1.47 bits per heavy atom. The average Bonchev–Trinajstić information content (AvgIpc) is 2.65. The molecule has 0 aliphatic carbocycles. The lowest BCUT2D eigenvalue weighted by atomic mass is 10.5. The van der Waals surface area contributed by atoms with Crippen LogP contribution in [0.4, 0.5) is 4.79 Å². The van der Waals surface area contributed by atoms with E-state index in [0.717, 1.165) is 0 Å². The standard InChI is InChI=1S/C8H8N2O4S/c9-8(13)10-6(11)4-14-7(12)5-2-1-3-15-5/h1-3H,4H2,(H3,9,10,11,13). The molecule has 80 valence electrons. The first-order valence-corrected chi connectivity index (χ1v) is 4.77. The van der Waals surface area contributed by atoms with Crippen LogP contribution in [0.15, 0.2) is 17.5 Å². The second-order valence-corrected chi connectivity index (χ2v) is 3.41. The van der Waals surface area contributed by atoms with Crippen molar-refractivity contribution in [2.75, 3.05) is 6.61 Å². The number of urea groups is 1. The normalized spacial score (nSPS) is 9.33. The summed E-state index contributed by atoms with van der Waals surface area (Å²) in [6, 6.07) is 2.27. The highest BCUT2D eigenvalue weighted by atomic mass is 32.1. The van der Waals surface area contributed by atoms with E-state index in [1.807, 2.05) is 0 Å². The minimum Gasteiger partial charge on any atom is -0.451 e. The van der Waals surface area contributed by atoms with Crippen LogP contribution < -0.4 is 11.1 Å². The van der Waals surface area contributed by atoms with Gasteiger partial charge in [0.2, 0.25) is 0 Å². The number of thiophene rings is 1. The maximum Gasteiger partial charge on any atom is 0.348 e. The van der Waals surface area contributed by atoms with Crippen molar-refractivity contribution in [2.45, 2.75) is 0 Å². The number of rotatable bonds is 3. The molecule has 1 rings (SSSR count). The number of nitrogens with one attached hydrogen (secondary N) is 1. The van der Waals surface area contributed by atoms with Crippen molar-refractivity contribution in [1.29, 1.82) is 0 Å². The third-order valence-corrected chi connectivity index (χ3v) is 2.17. The molecule has 15 heavy (non-hydrogen) atoms. The van der Waals surface area contributed by atoms with Crippen molar-refractivity contribution >= 4 is 29.2 Å². The van der Waals surface area contributed by atoms with Gasteiger partial charge in [0, 0.05) is 0 Å². The molecule has 1 aromatic rings. The monoisotopic (exact) mass is 228 g/mol. The molecule has 0 saturated heterocycles. The fourth-order valence-corrected chi connectivity index (χ4v) is 1.39. The summed E-state index contributed by atoms with van der Waals surface area (Å²) in [5.41, 5.74) is 4.69. The first-order chi connectivity index (χ1) is 7.09. The minimum atomic E-state index is -0.979. The summed E-state index contributed by atoms with van der Waals surface area (Å²) >= 11 is 1.20. The summed E-state index contributed by atoms with van der Waals surface area (Å²) in [7, 11) is 0. The summed E-state index contributed by atoms with van der Waals surface area (Å²) in [6.07, 6.45) is 0. The number of ether oxygens (including phenoxy) is 1. The van der Waals surface area contributed by atoms with Crippen LogP contribution in [0, 0.1) is 0 Å². The van der Waals surface area contributed by atoms with Gasteiger partial charge >= 0.3 is 12.0 Å². The first kappa shape index (κ1) is 11.2. The summed E-state index contributed by atoms with van der Waals surface area (Å²) in [6.45, 7) is -0.528. The van der Waals surface area contributed by atoms with Crippen LogP contribution in [0.1, 0.15) is 9.67 Å². The van der Waals surface area contributed by atoms with Crippen molar-refractivity contribution in [3.63, 3.8) is 0 Å². The number of hydrogen-bond acceptors (Lipinski definition) is 5. The van der Waals surface area contributed by atoms with Gasteiger partial charge in [-0.25, -0.2) is 9.59 Å². The van der Waals surface area contributed by atoms with Crippen molar-refractivity contribution in [3.8, 4) is 0 Å². The number of hydrogen-bond donors (Lipinski definition) is 2. The summed E-state index contributed by atoms with van der Waals surface area (Å²) in [4.78, 5) is 32.7. The first-order valence-electron chi connectivity index (χ1n) is 3.89. The van der Waals surface area contributed by atoms with Gasteiger partial charge in [0.25, 0.3) is 5.91 Å². The highest BCUT2D eigenvalue weighted by Crippen LogP contribution is 2.09. The van der Waals surface area contributed by atoms with E-state index in [2.05, 4.69) is 10.5 Å². The summed E-state index contributed by atoms with van der Waals surface area (Å²) in [5.74, 6) is -1.36. The Balaban J connectivity index is 2.35. The molecule has 0 aliphatic heterocycles. The molecule has 0 bridgehead atoms. The Morgan fingerprint density at radius 2 is 2.20 bits per heavy atom. The van der Waals surface area contributed by atoms with Gasteiger partial charge in [-0.1, -0.05) is 6.07 Å². The fourth-order valence-electron chi connectivity index (χ4n) is 0.770. The Labute approximate surface area is 89.0 Å². The third kappa shape index (κ3) is 3.77. The zero-order valence-corrected chi connectivity index (χ0v) is 8.37. The second kappa shape index (κ2) is 5.11. The SMILES string of the molecule is NC(=O)NC(=O)COC(=O)c1cccs1. The van der Waals surface area contributed by atoms with Crippen LogP contribution >= 0.6 is 11.3 Å². The van der Waals surface area contributed by atoms with Gasteiger partial charge in [0.15, 0.2) is 6.61 Å². The number of carbonyl (C=O) groups is 3. The van der Waals surface area contributed by atoms with Crippen LogP contribution in [-0.2, 0) is 9.53 Å². The van der Waals surface area contributed by atoms with Crippen LogP contribution in [0.25, 0.3) is 0 Å². The molecule has 3 N–H and O–H groups in total. The smallest absolute Gasteiger partial charge is 0.348 e. The lowest BCUT2D eigenvalue weighted by molar-refractivity contribution is -0.123. The van der Waals surface area contributed by atoms with Crippen LogP contribution in [0.2, 0.25) is 0 Å². The average molecular weight is 228 g/mol. The lowest BCUT2D eigenvalue weighted by Crippen LogP contribution is -2.37. The Bertz CT molecular complexity index is 374. The van der Waals surface area contributed by atoms with E-state index in [1.165, 1.54) is 11.3 Å². The van der Waals surface area contributed by atoms with Gasteiger partial charge in [-0.05, 0) is 11.4 Å². The summed E-state index contributed by atoms with van der Waals surface area (Å²) in [5, 5.41) is 3.48. The Morgan fingerprint density at radius 3 is 2.73 bits per heavy atom. The quantitative estimate of drug-likeness (QED) is 0.717. The van der Waals surface area contributed by atoms with E-state index in [9.17, 15) is 14.4 Å². The van der Waals surface area contributed by atoms with Gasteiger partial charge in [-0.2, -0.15) is 0 Å². The number of primary amides is 1. The van der Waals surface area contributed by atoms with Gasteiger partial charge < -0.3 is 10.5 Å². The number of amides is 3. The van der Waals surface area contributed by atoms with Gasteiger partial charge in [0.05, 0.1) is 0 Å². The Hall–Kier alpha value is -1.89. The van der Waals surface area contributed by atoms with E-state index in [0.29, 0.717) is 4.88 Å². The highest BCUT2D eigenvalue weighted by Gasteiger charge is 2.11. The van der Waals surface area contributed by atoms with E-state index >= 15 is 0 Å². The molecular weight excluding hydrogens is 220 g/mol. The molecule has 0 aromatic carbocycles. The molecule has 0 aliphatic rings. The molecule has 7 heteroatoms. The summed E-state index contributed by atoms with van der Waals surface area (Å²) < 4.78 is 4.60. The predicted octanol–water partition coefficient (Wildman–Crippen LogP) is 0.0998. The Kier molecular flexibility index (Phi) is 3.81. The number of imide groups is 1. The maximum atomic E-state index is 11.2. The predicted molar refractivity (Wildman–Crippen MR) is 52.3 cm³/mol. The molecule has 0 radical (unpaired) electrons. The van der Waals surface area contributed by atoms with Crippen molar-refractivity contribution in [2.24, 2.45) is 5.73 Å². The maximum absolute atomic E-state index is 11.2. The molecule has 0 saturated carbocycles. The molecule has 0 fully saturated rings. The minimum absolute atomic E-state index is 0.391. The number of nitrogens with two attached hydrogens (primary N) is 1. The molecular formula is C8H8N2O4S. The molecule has 6 nitrogen and oxygen atoms in total. The zero-order valence-electron chi connectivity index (χ0n) is 7.56. The lowest BCUT2D eigenvalue weighted by Gasteiger charge is -2.01. The largest absolute Gasteiger partial charge is 0.451 e. The second-order valence-electron chi connectivity index (χ2n) is 2.47. The molecule has 3 amide bonds. The van der Waals surface area contributed by atoms with Gasteiger partial charge in [0.1, 0.15) is 4.88 Å². The van der Waals surface area contributed by atoms with Crippen LogP contribution in [-0.4, -0.2) is 24.5 Å². The van der Waals surface area contributed by atoms with E-state index < -0.39 is 24.5 Å². The molecule has 0 atom stereocenters. The van der Waals surface area contributed by atoms with Crippen LogP contribution in [0.3, 0.4) is 0 Å². The van der Waals surface area contributed by atoms with Crippen molar-refractivity contribution in [1.82, 2.24) is 5.32 Å². The molecule has 0 unspecified atom stereocenters.